The van der Waals surface area contributed by atoms with Crippen LogP contribution in [0.15, 0.2) is 36.4 Å². The summed E-state index contributed by atoms with van der Waals surface area (Å²) >= 11 is 0. The maximum Gasteiger partial charge on any atom is 0.254 e. The van der Waals surface area contributed by atoms with Crippen molar-refractivity contribution in [1.82, 2.24) is 5.32 Å². The lowest BCUT2D eigenvalue weighted by Gasteiger charge is -2.24. The number of rotatable bonds is 7. The number of hydrogen-bond donors (Lipinski definition) is 1. The van der Waals surface area contributed by atoms with E-state index in [9.17, 15) is 22.8 Å². The van der Waals surface area contributed by atoms with Crippen LogP contribution in [0.5, 0.6) is 5.75 Å². The second-order valence-electron chi connectivity index (χ2n) is 6.28. The van der Waals surface area contributed by atoms with E-state index < -0.39 is 28.9 Å². The number of carbonyl (C=O) groups excluding carboxylic acids is 2. The van der Waals surface area contributed by atoms with Crippen molar-refractivity contribution in [1.29, 1.82) is 0 Å². The third-order valence-corrected chi connectivity index (χ3v) is 3.80. The van der Waals surface area contributed by atoms with Crippen molar-refractivity contribution in [2.45, 2.75) is 26.9 Å². The highest BCUT2D eigenvalue weighted by atomic mass is 19.2. The summed E-state index contributed by atoms with van der Waals surface area (Å²) < 4.78 is 45.7. The molecule has 0 unspecified atom stereocenters. The van der Waals surface area contributed by atoms with Crippen LogP contribution in [0.1, 0.15) is 31.1 Å². The summed E-state index contributed by atoms with van der Waals surface area (Å²) in [7, 11) is 0. The molecule has 2 aromatic carbocycles. The topological polar surface area (TPSA) is 58.6 Å². The highest BCUT2D eigenvalue weighted by Gasteiger charge is 2.20. The van der Waals surface area contributed by atoms with E-state index in [0.717, 1.165) is 6.07 Å². The highest BCUT2D eigenvalue weighted by molar-refractivity contribution is 5.95. The van der Waals surface area contributed by atoms with Crippen molar-refractivity contribution < 1.29 is 27.5 Å². The van der Waals surface area contributed by atoms with E-state index in [0.29, 0.717) is 17.5 Å². The van der Waals surface area contributed by atoms with Gasteiger partial charge in [0.1, 0.15) is 5.75 Å². The molecule has 8 heteroatoms. The van der Waals surface area contributed by atoms with Crippen LogP contribution in [0.4, 0.5) is 18.9 Å². The maximum absolute atomic E-state index is 13.7. The van der Waals surface area contributed by atoms with Crippen molar-refractivity contribution in [2.75, 3.05) is 18.0 Å². The lowest BCUT2D eigenvalue weighted by Crippen LogP contribution is -2.38. The predicted molar refractivity (Wildman–Crippen MR) is 98.9 cm³/mol. The van der Waals surface area contributed by atoms with E-state index in [1.165, 1.54) is 11.8 Å². The van der Waals surface area contributed by atoms with Gasteiger partial charge in [-0.1, -0.05) is 12.1 Å². The summed E-state index contributed by atoms with van der Waals surface area (Å²) in [6.07, 6.45) is -0.106. The fraction of sp³-hybridized carbons (Fsp3) is 0.300. The Hall–Kier alpha value is -3.03. The monoisotopic (exact) mass is 394 g/mol. The van der Waals surface area contributed by atoms with E-state index in [-0.39, 0.29) is 25.1 Å². The second-order valence-corrected chi connectivity index (χ2v) is 6.28. The Bertz CT molecular complexity index is 872. The first-order chi connectivity index (χ1) is 13.2. The van der Waals surface area contributed by atoms with E-state index >= 15 is 0 Å². The van der Waals surface area contributed by atoms with E-state index in [2.05, 4.69) is 5.32 Å². The Morgan fingerprint density at radius 1 is 1.07 bits per heavy atom. The Morgan fingerprint density at radius 2 is 1.75 bits per heavy atom. The zero-order valence-electron chi connectivity index (χ0n) is 15.8. The molecular weight excluding hydrogens is 373 g/mol. The van der Waals surface area contributed by atoms with Gasteiger partial charge in [0.2, 0.25) is 5.91 Å². The largest absolute Gasteiger partial charge is 0.489 e. The van der Waals surface area contributed by atoms with Gasteiger partial charge in [0.15, 0.2) is 17.5 Å². The number of amides is 2. The second kappa shape index (κ2) is 9.25. The maximum atomic E-state index is 13.7. The molecule has 0 bridgehead atoms. The molecule has 0 saturated carbocycles. The van der Waals surface area contributed by atoms with Gasteiger partial charge in [0, 0.05) is 20.0 Å². The first-order valence-electron chi connectivity index (χ1n) is 8.67. The molecule has 2 amide bonds. The van der Waals surface area contributed by atoms with Crippen molar-refractivity contribution in [3.63, 3.8) is 0 Å². The van der Waals surface area contributed by atoms with Crippen LogP contribution < -0.4 is 15.0 Å². The molecule has 2 aromatic rings. The molecule has 0 aromatic heterocycles. The van der Waals surface area contributed by atoms with Gasteiger partial charge in [-0.05, 0) is 38.1 Å². The quantitative estimate of drug-likeness (QED) is 0.729. The molecule has 5 nitrogen and oxygen atoms in total. The van der Waals surface area contributed by atoms with Crippen LogP contribution in [0, 0.1) is 17.5 Å². The predicted octanol–water partition coefficient (Wildman–Crippen LogP) is 3.67. The van der Waals surface area contributed by atoms with Crippen LogP contribution >= 0.6 is 0 Å². The molecule has 0 fully saturated rings. The zero-order chi connectivity index (χ0) is 20.8. The summed E-state index contributed by atoms with van der Waals surface area (Å²) in [5, 5.41) is 2.40. The first kappa shape index (κ1) is 21.3. The molecule has 150 valence electrons. The molecule has 0 aliphatic carbocycles. The number of benzene rings is 2. The van der Waals surface area contributed by atoms with Crippen LogP contribution in [-0.2, 0) is 4.79 Å². The van der Waals surface area contributed by atoms with Gasteiger partial charge >= 0.3 is 0 Å². The number of nitrogens with one attached hydrogen (secondary N) is 1. The standard InChI is InChI=1S/C20H21F3N2O3/c1-12(2)28-17-7-5-4-6-16(17)25(13(3)26)11-10-24-20(27)14-8-9-15(21)19(23)18(14)22/h4-9,12H,10-11H2,1-3H3,(H,24,27). The van der Waals surface area contributed by atoms with Crippen LogP contribution in [-0.4, -0.2) is 31.0 Å². The average molecular weight is 394 g/mol. The normalized spacial score (nSPS) is 10.7. The number of hydrogen-bond acceptors (Lipinski definition) is 3. The first-order valence-corrected chi connectivity index (χ1v) is 8.67. The Labute approximate surface area is 161 Å². The molecule has 1 N–H and O–H groups in total. The van der Waals surface area contributed by atoms with Crippen molar-refractivity contribution in [3.8, 4) is 5.75 Å². The van der Waals surface area contributed by atoms with Crippen LogP contribution in [0.2, 0.25) is 0 Å². The van der Waals surface area contributed by atoms with Gasteiger partial charge in [0.05, 0.1) is 17.4 Å². The summed E-state index contributed by atoms with van der Waals surface area (Å²) in [6.45, 7) is 5.11. The fourth-order valence-electron chi connectivity index (χ4n) is 2.56. The molecule has 0 saturated heterocycles. The van der Waals surface area contributed by atoms with Gasteiger partial charge in [-0.2, -0.15) is 0 Å². The van der Waals surface area contributed by atoms with E-state index in [4.69, 9.17) is 4.74 Å². The minimum Gasteiger partial charge on any atom is -0.489 e. The summed E-state index contributed by atoms with van der Waals surface area (Å²) in [4.78, 5) is 25.5. The number of ether oxygens (including phenoxy) is 1. The number of anilines is 1. The van der Waals surface area contributed by atoms with Crippen LogP contribution in [0.25, 0.3) is 0 Å². The SMILES string of the molecule is CC(=O)N(CCNC(=O)c1ccc(F)c(F)c1F)c1ccccc1OC(C)C. The molecule has 0 radical (unpaired) electrons. The molecular formula is C20H21F3N2O3. The third-order valence-electron chi connectivity index (χ3n) is 3.80. The molecule has 28 heavy (non-hydrogen) atoms. The molecule has 0 heterocycles. The summed E-state index contributed by atoms with van der Waals surface area (Å²) in [6, 6.07) is 8.48. The molecule has 0 atom stereocenters. The Balaban J connectivity index is 2.10. The molecule has 0 aliphatic heterocycles. The van der Waals surface area contributed by atoms with Crippen molar-refractivity contribution in [3.05, 3.63) is 59.4 Å². The number of halogens is 3. The van der Waals surface area contributed by atoms with Crippen molar-refractivity contribution >= 4 is 17.5 Å². The highest BCUT2D eigenvalue weighted by Crippen LogP contribution is 2.29. The smallest absolute Gasteiger partial charge is 0.254 e. The molecule has 0 spiro atoms. The minimum atomic E-state index is -1.71. The molecule has 0 aliphatic rings. The lowest BCUT2D eigenvalue weighted by molar-refractivity contribution is -0.116. The Morgan fingerprint density at radius 3 is 2.39 bits per heavy atom. The fourth-order valence-corrected chi connectivity index (χ4v) is 2.56. The van der Waals surface area contributed by atoms with Crippen LogP contribution in [0.3, 0.4) is 0 Å². The molecule has 2 rings (SSSR count). The van der Waals surface area contributed by atoms with Gasteiger partial charge in [-0.15, -0.1) is 0 Å². The zero-order valence-corrected chi connectivity index (χ0v) is 15.8. The van der Waals surface area contributed by atoms with Gasteiger partial charge in [0.25, 0.3) is 5.91 Å². The summed E-state index contributed by atoms with van der Waals surface area (Å²) in [5.41, 5.74) is -0.0891. The third kappa shape index (κ3) is 5.03. The van der Waals surface area contributed by atoms with Gasteiger partial charge < -0.3 is 15.0 Å². The number of nitrogens with zero attached hydrogens (tertiary/aromatic N) is 1. The summed E-state index contributed by atoms with van der Waals surface area (Å²) in [5.74, 6) is -5.33. The van der Waals surface area contributed by atoms with E-state index in [1.54, 1.807) is 24.3 Å². The van der Waals surface area contributed by atoms with E-state index in [1.807, 2.05) is 13.8 Å². The average Bonchev–Trinajstić information content (AvgIpc) is 2.63. The Kier molecular flexibility index (Phi) is 7.03. The number of para-hydroxylation sites is 2. The van der Waals surface area contributed by atoms with Crippen molar-refractivity contribution in [2.24, 2.45) is 0 Å². The van der Waals surface area contributed by atoms with Gasteiger partial charge in [-0.3, -0.25) is 9.59 Å². The lowest BCUT2D eigenvalue weighted by atomic mass is 10.2. The number of carbonyl (C=O) groups is 2. The van der Waals surface area contributed by atoms with Gasteiger partial charge in [-0.25, -0.2) is 13.2 Å². The minimum absolute atomic E-state index is 0.0349.